The zero-order valence-electron chi connectivity index (χ0n) is 8.33. The summed E-state index contributed by atoms with van der Waals surface area (Å²) in [5.41, 5.74) is 2.35. The first kappa shape index (κ1) is 9.66. The van der Waals surface area contributed by atoms with Crippen LogP contribution in [0.5, 0.6) is 0 Å². The molecule has 0 heterocycles. The van der Waals surface area contributed by atoms with Gasteiger partial charge in [-0.15, -0.1) is 0 Å². The van der Waals surface area contributed by atoms with Gasteiger partial charge in [-0.3, -0.25) is 0 Å². The molecule has 1 aromatic carbocycles. The summed E-state index contributed by atoms with van der Waals surface area (Å²) in [7, 11) is 0. The quantitative estimate of drug-likeness (QED) is 0.766. The number of aryl methyl sites for hydroxylation is 1. The van der Waals surface area contributed by atoms with E-state index >= 15 is 0 Å². The van der Waals surface area contributed by atoms with Gasteiger partial charge in [-0.2, -0.15) is 0 Å². The van der Waals surface area contributed by atoms with Crippen molar-refractivity contribution in [2.75, 3.05) is 6.61 Å². The van der Waals surface area contributed by atoms with Crippen LogP contribution < -0.4 is 0 Å². The van der Waals surface area contributed by atoms with Crippen molar-refractivity contribution < 1.29 is 9.50 Å². The van der Waals surface area contributed by atoms with Crippen LogP contribution in [-0.2, 0) is 6.42 Å². The first-order valence-corrected chi connectivity index (χ1v) is 5.11. The van der Waals surface area contributed by atoms with E-state index in [9.17, 15) is 4.39 Å². The first-order valence-electron chi connectivity index (χ1n) is 5.11. The van der Waals surface area contributed by atoms with Gasteiger partial charge >= 0.3 is 0 Å². The first-order chi connectivity index (χ1) is 6.72. The van der Waals surface area contributed by atoms with Crippen molar-refractivity contribution in [1.29, 1.82) is 0 Å². The van der Waals surface area contributed by atoms with Crippen LogP contribution in [-0.4, -0.2) is 11.7 Å². The van der Waals surface area contributed by atoms with Crippen LogP contribution in [0, 0.1) is 11.7 Å². The van der Waals surface area contributed by atoms with Crippen LogP contribution in [0.1, 0.15) is 30.4 Å². The number of hydrogen-bond acceptors (Lipinski definition) is 1. The molecule has 76 valence electrons. The van der Waals surface area contributed by atoms with Crippen molar-refractivity contribution >= 4 is 0 Å². The number of rotatable bonds is 2. The van der Waals surface area contributed by atoms with Crippen LogP contribution >= 0.6 is 0 Å². The Kier molecular flexibility index (Phi) is 2.55. The van der Waals surface area contributed by atoms with E-state index in [4.69, 9.17) is 5.11 Å². The van der Waals surface area contributed by atoms with Gasteiger partial charge in [0.05, 0.1) is 0 Å². The van der Waals surface area contributed by atoms with E-state index in [1.54, 1.807) is 6.07 Å². The molecule has 0 fully saturated rings. The molecular weight excluding hydrogens is 179 g/mol. The Morgan fingerprint density at radius 2 is 2.36 bits per heavy atom. The maximum absolute atomic E-state index is 13.0. The molecule has 1 aromatic rings. The van der Waals surface area contributed by atoms with Gasteiger partial charge in [-0.05, 0) is 47.9 Å². The molecule has 0 aliphatic heterocycles. The maximum atomic E-state index is 13.0. The predicted octanol–water partition coefficient (Wildman–Crippen LogP) is 2.48. The number of aliphatic hydroxyl groups excluding tert-OH is 1. The van der Waals surface area contributed by atoms with E-state index in [-0.39, 0.29) is 18.3 Å². The van der Waals surface area contributed by atoms with E-state index in [0.717, 1.165) is 18.4 Å². The van der Waals surface area contributed by atoms with Crippen LogP contribution in [0.25, 0.3) is 0 Å². The molecule has 0 bridgehead atoms. The third kappa shape index (κ3) is 1.55. The fourth-order valence-corrected chi connectivity index (χ4v) is 2.32. The van der Waals surface area contributed by atoms with Gasteiger partial charge in [-0.1, -0.05) is 13.0 Å². The number of aliphatic hydroxyl groups is 1. The van der Waals surface area contributed by atoms with Crippen LogP contribution in [0.15, 0.2) is 18.2 Å². The highest BCUT2D eigenvalue weighted by Crippen LogP contribution is 2.38. The monoisotopic (exact) mass is 194 g/mol. The molecule has 2 atom stereocenters. The number of fused-ring (bicyclic) bond motifs is 1. The highest BCUT2D eigenvalue weighted by Gasteiger charge is 2.26. The van der Waals surface area contributed by atoms with Crippen molar-refractivity contribution in [3.05, 3.63) is 35.1 Å². The fourth-order valence-electron chi connectivity index (χ4n) is 2.32. The summed E-state index contributed by atoms with van der Waals surface area (Å²) in [5, 5.41) is 9.10. The lowest BCUT2D eigenvalue weighted by Crippen LogP contribution is -2.10. The molecule has 0 radical (unpaired) electrons. The maximum Gasteiger partial charge on any atom is 0.123 e. The standard InChI is InChI=1S/C12H15FO/c1-8(7-14)11-5-3-9-2-4-10(13)6-12(9)11/h2,4,6,8,11,14H,3,5,7H2,1H3. The minimum Gasteiger partial charge on any atom is -0.396 e. The summed E-state index contributed by atoms with van der Waals surface area (Å²) in [6.07, 6.45) is 2.06. The van der Waals surface area contributed by atoms with E-state index in [2.05, 4.69) is 0 Å². The third-order valence-electron chi connectivity index (χ3n) is 3.21. The van der Waals surface area contributed by atoms with Crippen molar-refractivity contribution in [1.82, 2.24) is 0 Å². The smallest absolute Gasteiger partial charge is 0.123 e. The van der Waals surface area contributed by atoms with Gasteiger partial charge in [-0.25, -0.2) is 4.39 Å². The van der Waals surface area contributed by atoms with Gasteiger partial charge in [0.15, 0.2) is 0 Å². The van der Waals surface area contributed by atoms with E-state index < -0.39 is 0 Å². The molecule has 1 N–H and O–H groups in total. The second kappa shape index (κ2) is 3.70. The minimum absolute atomic E-state index is 0.166. The van der Waals surface area contributed by atoms with Gasteiger partial charge in [0, 0.05) is 6.61 Å². The minimum atomic E-state index is -0.166. The summed E-state index contributed by atoms with van der Waals surface area (Å²) < 4.78 is 13.0. The molecule has 1 aliphatic carbocycles. The van der Waals surface area contributed by atoms with Crippen molar-refractivity contribution in [3.8, 4) is 0 Å². The van der Waals surface area contributed by atoms with Gasteiger partial charge in [0.1, 0.15) is 5.82 Å². The van der Waals surface area contributed by atoms with Gasteiger partial charge in [0.2, 0.25) is 0 Å². The number of halogens is 1. The molecule has 1 nitrogen and oxygen atoms in total. The van der Waals surface area contributed by atoms with E-state index in [1.165, 1.54) is 11.6 Å². The largest absolute Gasteiger partial charge is 0.396 e. The number of benzene rings is 1. The Hall–Kier alpha value is -0.890. The van der Waals surface area contributed by atoms with Crippen LogP contribution in [0.3, 0.4) is 0 Å². The Morgan fingerprint density at radius 1 is 1.57 bits per heavy atom. The zero-order chi connectivity index (χ0) is 10.1. The topological polar surface area (TPSA) is 20.2 Å². The predicted molar refractivity (Wildman–Crippen MR) is 53.7 cm³/mol. The van der Waals surface area contributed by atoms with Crippen molar-refractivity contribution in [2.24, 2.45) is 5.92 Å². The molecule has 0 saturated heterocycles. The highest BCUT2D eigenvalue weighted by molar-refractivity contribution is 5.35. The number of hydrogen-bond donors (Lipinski definition) is 1. The van der Waals surface area contributed by atoms with Gasteiger partial charge < -0.3 is 5.11 Å². The SMILES string of the molecule is CC(CO)C1CCc2ccc(F)cc21. The summed E-state index contributed by atoms with van der Waals surface area (Å²) >= 11 is 0. The molecule has 14 heavy (non-hydrogen) atoms. The Bertz CT molecular complexity index is 335. The third-order valence-corrected chi connectivity index (χ3v) is 3.21. The Morgan fingerprint density at radius 3 is 3.07 bits per heavy atom. The van der Waals surface area contributed by atoms with E-state index in [1.807, 2.05) is 13.0 Å². The van der Waals surface area contributed by atoms with E-state index in [0.29, 0.717) is 5.92 Å². The van der Waals surface area contributed by atoms with Crippen LogP contribution in [0.4, 0.5) is 4.39 Å². The normalized spacial score (nSPS) is 22.1. The molecule has 1 aliphatic rings. The molecule has 2 unspecified atom stereocenters. The van der Waals surface area contributed by atoms with Crippen molar-refractivity contribution in [3.63, 3.8) is 0 Å². The molecule has 0 saturated carbocycles. The summed E-state index contributed by atoms with van der Waals surface area (Å²) in [5.74, 6) is 0.407. The van der Waals surface area contributed by atoms with Crippen LogP contribution in [0.2, 0.25) is 0 Å². The zero-order valence-corrected chi connectivity index (χ0v) is 8.33. The molecule has 0 spiro atoms. The second-order valence-corrected chi connectivity index (χ2v) is 4.15. The lowest BCUT2D eigenvalue weighted by atomic mass is 9.89. The molecule has 0 amide bonds. The summed E-state index contributed by atoms with van der Waals surface area (Å²) in [6.45, 7) is 2.20. The Balaban J connectivity index is 2.33. The highest BCUT2D eigenvalue weighted by atomic mass is 19.1. The summed E-state index contributed by atoms with van der Waals surface area (Å²) in [4.78, 5) is 0. The second-order valence-electron chi connectivity index (χ2n) is 4.15. The lowest BCUT2D eigenvalue weighted by Gasteiger charge is -2.17. The molecule has 0 aromatic heterocycles. The summed E-state index contributed by atoms with van der Waals surface area (Å²) in [6, 6.07) is 5.01. The average Bonchev–Trinajstić information content (AvgIpc) is 2.59. The molecule has 2 rings (SSSR count). The fraction of sp³-hybridized carbons (Fsp3) is 0.500. The average molecular weight is 194 g/mol. The Labute approximate surface area is 83.6 Å². The van der Waals surface area contributed by atoms with Crippen molar-refractivity contribution in [2.45, 2.75) is 25.7 Å². The molecule has 2 heteroatoms. The lowest BCUT2D eigenvalue weighted by molar-refractivity contribution is 0.215. The molecular formula is C12H15FO. The van der Waals surface area contributed by atoms with Gasteiger partial charge in [0.25, 0.3) is 0 Å².